The highest BCUT2D eigenvalue weighted by molar-refractivity contribution is 9.10. The molecule has 0 aliphatic carbocycles. The molecule has 2 aromatic rings. The van der Waals surface area contributed by atoms with Gasteiger partial charge >= 0.3 is 0 Å². The number of ketones is 1. The summed E-state index contributed by atoms with van der Waals surface area (Å²) in [5, 5.41) is 10.3. The predicted octanol–water partition coefficient (Wildman–Crippen LogP) is 4.24. The van der Waals surface area contributed by atoms with E-state index in [4.69, 9.17) is 0 Å². The van der Waals surface area contributed by atoms with Crippen LogP contribution in [0.3, 0.4) is 0 Å². The highest BCUT2D eigenvalue weighted by Crippen LogP contribution is 2.38. The molecule has 1 amide bonds. The van der Waals surface area contributed by atoms with E-state index >= 15 is 0 Å². The fourth-order valence-electron chi connectivity index (χ4n) is 3.06. The predicted molar refractivity (Wildman–Crippen MR) is 98.9 cm³/mol. The summed E-state index contributed by atoms with van der Waals surface area (Å²) in [7, 11) is 0. The maximum Gasteiger partial charge on any atom is 0.290 e. The fourth-order valence-corrected chi connectivity index (χ4v) is 3.32. The minimum Gasteiger partial charge on any atom is -0.503 e. The second-order valence-corrected chi connectivity index (χ2v) is 7.11. The average molecular weight is 400 g/mol. The Morgan fingerprint density at radius 3 is 2.28 bits per heavy atom. The quantitative estimate of drug-likeness (QED) is 0.835. The van der Waals surface area contributed by atoms with Crippen LogP contribution in [0, 0.1) is 6.92 Å². The molecule has 0 bridgehead atoms. The fraction of sp³-hybridized carbons (Fsp3) is 0.200. The number of carbonyl (C=O) groups is 2. The zero-order chi connectivity index (χ0) is 18.1. The van der Waals surface area contributed by atoms with Crippen LogP contribution in [-0.4, -0.2) is 21.7 Å². The third-order valence-corrected chi connectivity index (χ3v) is 4.87. The first-order valence-corrected chi connectivity index (χ1v) is 8.74. The van der Waals surface area contributed by atoms with Crippen molar-refractivity contribution in [3.8, 4) is 0 Å². The SMILES string of the molecule is CC(=O)C1=C(O)C(=O)N(Cc2ccc(C)cc2)C1c1ccc(Br)cc1. The second kappa shape index (κ2) is 6.84. The Kier molecular flexibility index (Phi) is 4.77. The normalized spacial score (nSPS) is 17.3. The lowest BCUT2D eigenvalue weighted by atomic mass is 9.96. The monoisotopic (exact) mass is 399 g/mol. The second-order valence-electron chi connectivity index (χ2n) is 6.19. The first kappa shape index (κ1) is 17.4. The Labute approximate surface area is 154 Å². The van der Waals surface area contributed by atoms with Crippen LogP contribution < -0.4 is 0 Å². The lowest BCUT2D eigenvalue weighted by Gasteiger charge is -2.26. The van der Waals surface area contributed by atoms with E-state index in [1.807, 2.05) is 55.5 Å². The van der Waals surface area contributed by atoms with E-state index in [9.17, 15) is 14.7 Å². The number of amides is 1. The van der Waals surface area contributed by atoms with Crippen LogP contribution in [0.25, 0.3) is 0 Å². The van der Waals surface area contributed by atoms with Gasteiger partial charge in [0.25, 0.3) is 5.91 Å². The van der Waals surface area contributed by atoms with Crippen LogP contribution in [0.15, 0.2) is 64.3 Å². The molecule has 1 unspecified atom stereocenters. The maximum atomic E-state index is 12.6. The number of benzene rings is 2. The number of aliphatic hydroxyl groups is 1. The minimum absolute atomic E-state index is 0.152. The Balaban J connectivity index is 2.03. The van der Waals surface area contributed by atoms with Crippen molar-refractivity contribution in [3.63, 3.8) is 0 Å². The van der Waals surface area contributed by atoms with Crippen molar-refractivity contribution >= 4 is 27.6 Å². The van der Waals surface area contributed by atoms with Crippen LogP contribution >= 0.6 is 15.9 Å². The standard InChI is InChI=1S/C20H18BrNO3/c1-12-3-5-14(6-4-12)11-22-18(15-7-9-16(21)10-8-15)17(13(2)23)19(24)20(22)25/h3-10,18,24H,11H2,1-2H3. The molecule has 0 saturated heterocycles. The van der Waals surface area contributed by atoms with Crippen molar-refractivity contribution in [3.05, 3.63) is 81.0 Å². The average Bonchev–Trinajstić information content (AvgIpc) is 2.82. The number of nitrogens with zero attached hydrogens (tertiary/aromatic N) is 1. The van der Waals surface area contributed by atoms with Crippen molar-refractivity contribution in [2.45, 2.75) is 26.4 Å². The molecule has 25 heavy (non-hydrogen) atoms. The van der Waals surface area contributed by atoms with Gasteiger partial charge in [-0.05, 0) is 37.1 Å². The zero-order valence-corrected chi connectivity index (χ0v) is 15.6. The lowest BCUT2D eigenvalue weighted by Crippen LogP contribution is -2.30. The van der Waals surface area contributed by atoms with Crippen molar-refractivity contribution in [2.75, 3.05) is 0 Å². The Morgan fingerprint density at radius 1 is 1.12 bits per heavy atom. The molecule has 0 aromatic heterocycles. The van der Waals surface area contributed by atoms with Crippen molar-refractivity contribution < 1.29 is 14.7 Å². The van der Waals surface area contributed by atoms with Gasteiger partial charge in [-0.3, -0.25) is 9.59 Å². The Bertz CT molecular complexity index is 854. The number of halogens is 1. The smallest absolute Gasteiger partial charge is 0.290 e. The van der Waals surface area contributed by atoms with Gasteiger partial charge in [-0.25, -0.2) is 0 Å². The molecule has 4 nitrogen and oxygen atoms in total. The van der Waals surface area contributed by atoms with Gasteiger partial charge in [0.05, 0.1) is 11.6 Å². The third kappa shape index (κ3) is 3.37. The molecular weight excluding hydrogens is 382 g/mol. The van der Waals surface area contributed by atoms with Crippen LogP contribution in [0.2, 0.25) is 0 Å². The first-order chi connectivity index (χ1) is 11.9. The van der Waals surface area contributed by atoms with Crippen LogP contribution in [-0.2, 0) is 16.1 Å². The van der Waals surface area contributed by atoms with Gasteiger partial charge in [-0.15, -0.1) is 0 Å². The summed E-state index contributed by atoms with van der Waals surface area (Å²) in [5.41, 5.74) is 3.02. The van der Waals surface area contributed by atoms with E-state index in [2.05, 4.69) is 15.9 Å². The van der Waals surface area contributed by atoms with E-state index < -0.39 is 17.7 Å². The summed E-state index contributed by atoms with van der Waals surface area (Å²) in [5.74, 6) is -1.27. The molecule has 0 spiro atoms. The van der Waals surface area contributed by atoms with Gasteiger partial charge in [0.15, 0.2) is 11.5 Å². The molecule has 1 N–H and O–H groups in total. The molecule has 1 atom stereocenters. The van der Waals surface area contributed by atoms with E-state index in [0.717, 1.165) is 21.2 Å². The molecule has 0 fully saturated rings. The van der Waals surface area contributed by atoms with Gasteiger partial charge in [-0.1, -0.05) is 57.9 Å². The van der Waals surface area contributed by atoms with E-state index in [0.29, 0.717) is 6.54 Å². The highest BCUT2D eigenvalue weighted by Gasteiger charge is 2.42. The van der Waals surface area contributed by atoms with Crippen LogP contribution in [0.5, 0.6) is 0 Å². The van der Waals surface area contributed by atoms with Crippen LogP contribution in [0.1, 0.15) is 29.7 Å². The number of carbonyl (C=O) groups excluding carboxylic acids is 2. The summed E-state index contributed by atoms with van der Waals surface area (Å²) in [6, 6.07) is 14.7. The molecule has 128 valence electrons. The lowest BCUT2D eigenvalue weighted by molar-refractivity contribution is -0.130. The molecule has 1 aliphatic rings. The molecular formula is C20H18BrNO3. The molecule has 2 aromatic carbocycles. The maximum absolute atomic E-state index is 12.6. The topological polar surface area (TPSA) is 57.6 Å². The number of aliphatic hydroxyl groups excluding tert-OH is 1. The number of Topliss-reactive ketones (excluding diaryl/α,β-unsaturated/α-hetero) is 1. The molecule has 0 saturated carbocycles. The largest absolute Gasteiger partial charge is 0.503 e. The van der Waals surface area contributed by atoms with E-state index in [1.165, 1.54) is 6.92 Å². The Morgan fingerprint density at radius 2 is 1.72 bits per heavy atom. The number of hydrogen-bond acceptors (Lipinski definition) is 3. The van der Waals surface area contributed by atoms with Gasteiger partial charge < -0.3 is 10.0 Å². The van der Waals surface area contributed by atoms with Gasteiger partial charge in [0.2, 0.25) is 0 Å². The summed E-state index contributed by atoms with van der Waals surface area (Å²) in [6.45, 7) is 3.69. The number of aryl methyl sites for hydroxylation is 1. The molecule has 1 aliphatic heterocycles. The molecule has 5 heteroatoms. The van der Waals surface area contributed by atoms with Crippen molar-refractivity contribution in [2.24, 2.45) is 0 Å². The van der Waals surface area contributed by atoms with Gasteiger partial charge in [-0.2, -0.15) is 0 Å². The summed E-state index contributed by atoms with van der Waals surface area (Å²) >= 11 is 3.39. The number of hydrogen-bond donors (Lipinski definition) is 1. The van der Waals surface area contributed by atoms with Crippen LogP contribution in [0.4, 0.5) is 0 Å². The summed E-state index contributed by atoms with van der Waals surface area (Å²) < 4.78 is 0.906. The molecule has 0 radical (unpaired) electrons. The molecule has 3 rings (SSSR count). The van der Waals surface area contributed by atoms with Crippen molar-refractivity contribution in [1.29, 1.82) is 0 Å². The third-order valence-electron chi connectivity index (χ3n) is 4.34. The highest BCUT2D eigenvalue weighted by atomic mass is 79.9. The Hall–Kier alpha value is -2.40. The number of rotatable bonds is 4. The van der Waals surface area contributed by atoms with Gasteiger partial charge in [0, 0.05) is 11.0 Å². The van der Waals surface area contributed by atoms with E-state index in [-0.39, 0.29) is 11.4 Å². The minimum atomic E-state index is -0.584. The summed E-state index contributed by atoms with van der Waals surface area (Å²) in [4.78, 5) is 26.2. The zero-order valence-electron chi connectivity index (χ0n) is 14.0. The van der Waals surface area contributed by atoms with E-state index in [1.54, 1.807) is 4.90 Å². The van der Waals surface area contributed by atoms with Crippen molar-refractivity contribution in [1.82, 2.24) is 4.90 Å². The summed E-state index contributed by atoms with van der Waals surface area (Å²) in [6.07, 6.45) is 0. The molecule has 1 heterocycles. The first-order valence-electron chi connectivity index (χ1n) is 7.94. The van der Waals surface area contributed by atoms with Gasteiger partial charge in [0.1, 0.15) is 0 Å².